The van der Waals surface area contributed by atoms with Crippen LogP contribution in [0.3, 0.4) is 0 Å². The first-order valence-corrected chi connectivity index (χ1v) is 26.6. The topological polar surface area (TPSA) is 390 Å². The number of fused-ring (bicyclic) bond motifs is 8. The van der Waals surface area contributed by atoms with Crippen LogP contribution in [0.5, 0.6) is 0 Å². The van der Waals surface area contributed by atoms with Gasteiger partial charge in [0.15, 0.2) is 17.3 Å². The van der Waals surface area contributed by atoms with Crippen LogP contribution in [0.2, 0.25) is 0 Å². The van der Waals surface area contributed by atoms with E-state index in [-0.39, 0.29) is 111 Å². The number of ketones is 7. The molecule has 0 radical (unpaired) electrons. The Morgan fingerprint density at radius 1 is 0.366 bits per heavy atom. The Kier molecular flexibility index (Phi) is 29.2. The molecule has 16 unspecified atom stereocenters. The van der Waals surface area contributed by atoms with Crippen molar-refractivity contribution >= 4 is 82.3 Å². The van der Waals surface area contributed by atoms with E-state index < -0.39 is 77.5 Å². The van der Waals surface area contributed by atoms with Gasteiger partial charge in [0.2, 0.25) is 0 Å². The molecule has 0 aromatic heterocycles. The number of rotatable bonds is 14. The summed E-state index contributed by atoms with van der Waals surface area (Å²) in [7, 11) is 0. The number of hydrogen-bond donors (Lipinski definition) is 7. The first-order chi connectivity index (χ1) is 38.1. The zero-order valence-electron chi connectivity index (χ0n) is 48.2. The lowest BCUT2D eigenvalue weighted by atomic mass is 9.61. The van der Waals surface area contributed by atoms with Crippen LogP contribution >= 0.6 is 0 Å². The zero-order chi connectivity index (χ0) is 63.4. The van der Waals surface area contributed by atoms with Crippen molar-refractivity contribution in [3.8, 4) is 0 Å². The summed E-state index contributed by atoms with van der Waals surface area (Å²) in [5.74, 6) is -9.94. The molecule has 450 valence electrons. The molecular weight excluding hydrogens is 1070 g/mol. The molecule has 82 heavy (non-hydrogen) atoms. The van der Waals surface area contributed by atoms with E-state index in [4.69, 9.17) is 40.5 Å². The fourth-order valence-electron chi connectivity index (χ4n) is 11.4. The molecule has 2 aliphatic heterocycles. The third-order valence-electron chi connectivity index (χ3n) is 15.2. The first kappa shape index (κ1) is 72.1. The molecule has 0 amide bonds. The minimum absolute atomic E-state index is 0.0178. The number of aliphatic carboxylic acids is 7. The third-order valence-corrected chi connectivity index (χ3v) is 15.2. The lowest BCUT2D eigenvalue weighted by Crippen LogP contribution is -2.44. The molecule has 22 nitrogen and oxygen atoms in total. The van der Waals surface area contributed by atoms with Gasteiger partial charge in [-0.25, -0.2) is 14.4 Å². The minimum Gasteiger partial charge on any atom is -0.481 e. The fourth-order valence-corrected chi connectivity index (χ4v) is 11.4. The van der Waals surface area contributed by atoms with E-state index in [0.29, 0.717) is 5.57 Å². The number of carboxylic acids is 7. The Labute approximate surface area is 475 Å². The highest BCUT2D eigenvalue weighted by Gasteiger charge is 2.53. The lowest BCUT2D eigenvalue weighted by molar-refractivity contribution is -0.151. The van der Waals surface area contributed by atoms with Crippen molar-refractivity contribution in [2.75, 3.05) is 0 Å². The van der Waals surface area contributed by atoms with Gasteiger partial charge in [-0.1, -0.05) is 62.5 Å². The number of Topliss-reactive ketones (excluding diaryl/α,β-unsaturated/α-hetero) is 5. The third kappa shape index (κ3) is 20.3. The largest absolute Gasteiger partial charge is 0.481 e. The molecule has 0 spiro atoms. The monoisotopic (exact) mass is 1150 g/mol. The molecule has 4 fully saturated rings. The standard InChI is InChI=1S/C11H14O3.2C10H12O3.C9H10O4.C7H10O3.C6H8O3.C5H6O3.C2H6/c1-6(12)9-7-2-4-8(5-3-7)10(9)11(13)14;2*1-5(11)8-6-2-3-7(4-6)9(8)10(12)13;1-4(10)7-5-2-3-6(13-5)8(7)9(11)12;1-4(6(3)8)5(2)7(9)10;1-4(6(8)9)3-5(2)7;1-4(6)2-3-5(7)8;1-2/h2,4,7-10H,3,5H2,1H3,(H,13,14);2*2-3,6-9H,4H2,1H3,(H,12,13);2-3,5-8H,1H3,(H,11,12);1-3H3,(H,9,10);3H,1-2H3,(H,8,9);2-3H,1H3,(H,7,8);1-2H3/b;;;;5-4-;4-3-;3-2-;. The molecular formula is C60H78O22. The van der Waals surface area contributed by atoms with Gasteiger partial charge in [0.1, 0.15) is 23.1 Å². The second-order valence-corrected chi connectivity index (χ2v) is 20.8. The zero-order valence-corrected chi connectivity index (χ0v) is 48.2. The van der Waals surface area contributed by atoms with Crippen LogP contribution in [0.15, 0.2) is 83.6 Å². The predicted octanol–water partition coefficient (Wildman–Crippen LogP) is 6.76. The number of ether oxygens (including phenoxy) is 1. The molecule has 7 aliphatic carbocycles. The van der Waals surface area contributed by atoms with Gasteiger partial charge in [0, 0.05) is 40.5 Å². The van der Waals surface area contributed by atoms with Gasteiger partial charge in [0.25, 0.3) is 0 Å². The summed E-state index contributed by atoms with van der Waals surface area (Å²) in [4.78, 5) is 150. The summed E-state index contributed by atoms with van der Waals surface area (Å²) in [6.45, 7) is 18.2. The van der Waals surface area contributed by atoms with Crippen molar-refractivity contribution in [2.24, 2.45) is 82.9 Å². The van der Waals surface area contributed by atoms with Crippen LogP contribution in [0.25, 0.3) is 0 Å². The van der Waals surface area contributed by atoms with Gasteiger partial charge >= 0.3 is 41.8 Å². The fraction of sp³-hybridized carbons (Fsp3) is 0.533. The smallest absolute Gasteiger partial charge is 0.331 e. The van der Waals surface area contributed by atoms with E-state index >= 15 is 0 Å². The van der Waals surface area contributed by atoms with Crippen LogP contribution in [-0.2, 0) is 71.9 Å². The normalized spacial score (nSPS) is 30.0. The Morgan fingerprint density at radius 2 is 0.683 bits per heavy atom. The average molecular weight is 1150 g/mol. The van der Waals surface area contributed by atoms with Gasteiger partial charge < -0.3 is 40.5 Å². The molecule has 8 bridgehead atoms. The highest BCUT2D eigenvalue weighted by molar-refractivity contribution is 6.01. The molecule has 2 heterocycles. The highest BCUT2D eigenvalue weighted by Crippen LogP contribution is 2.50. The van der Waals surface area contributed by atoms with Gasteiger partial charge in [-0.05, 0) is 143 Å². The number of carboxylic acid groups (broad SMARTS) is 7. The number of carbonyl (C=O) groups is 14. The van der Waals surface area contributed by atoms with E-state index in [2.05, 4.69) is 0 Å². The predicted molar refractivity (Wildman–Crippen MR) is 293 cm³/mol. The molecule has 16 atom stereocenters. The maximum atomic E-state index is 11.4. The van der Waals surface area contributed by atoms with Crippen molar-refractivity contribution in [3.63, 3.8) is 0 Å². The second-order valence-electron chi connectivity index (χ2n) is 20.8. The minimum atomic E-state index is -1.10. The highest BCUT2D eigenvalue weighted by atomic mass is 16.5. The molecule has 22 heteroatoms. The van der Waals surface area contributed by atoms with Gasteiger partial charge in [0.05, 0.1) is 41.8 Å². The summed E-state index contributed by atoms with van der Waals surface area (Å²) in [6.07, 6.45) is 21.1. The summed E-state index contributed by atoms with van der Waals surface area (Å²) in [5.41, 5.74) is 0.502. The molecule has 3 saturated carbocycles. The van der Waals surface area contributed by atoms with Crippen LogP contribution < -0.4 is 0 Å². The van der Waals surface area contributed by atoms with Crippen LogP contribution in [0.4, 0.5) is 0 Å². The van der Waals surface area contributed by atoms with E-state index in [0.717, 1.165) is 43.9 Å². The Balaban J connectivity index is 0.000000480. The van der Waals surface area contributed by atoms with Crippen molar-refractivity contribution < 1.29 is 108 Å². The second kappa shape index (κ2) is 33.1. The Hall–Kier alpha value is -7.88. The van der Waals surface area contributed by atoms with Gasteiger partial charge in [-0.3, -0.25) is 52.7 Å². The molecule has 0 aromatic carbocycles. The maximum Gasteiger partial charge on any atom is 0.331 e. The molecule has 7 N–H and O–H groups in total. The maximum absolute atomic E-state index is 11.4. The van der Waals surface area contributed by atoms with Crippen LogP contribution in [-0.4, -0.2) is 130 Å². The van der Waals surface area contributed by atoms with Crippen molar-refractivity contribution in [3.05, 3.63) is 83.6 Å². The van der Waals surface area contributed by atoms with Crippen LogP contribution in [0.1, 0.15) is 109 Å². The van der Waals surface area contributed by atoms with E-state index in [1.54, 1.807) is 12.2 Å². The summed E-state index contributed by atoms with van der Waals surface area (Å²) in [5, 5.41) is 60.4. The molecule has 0 aromatic rings. The Morgan fingerprint density at radius 3 is 0.890 bits per heavy atom. The Bertz CT molecular complexity index is 2400. The summed E-state index contributed by atoms with van der Waals surface area (Å²) in [6, 6.07) is 0. The average Bonchev–Trinajstić information content (AvgIpc) is 4.47. The van der Waals surface area contributed by atoms with Crippen molar-refractivity contribution in [1.29, 1.82) is 0 Å². The first-order valence-electron chi connectivity index (χ1n) is 26.6. The number of allylic oxidation sites excluding steroid dienone is 9. The van der Waals surface area contributed by atoms with E-state index in [9.17, 15) is 67.1 Å². The summed E-state index contributed by atoms with van der Waals surface area (Å²) < 4.78 is 5.31. The van der Waals surface area contributed by atoms with Crippen molar-refractivity contribution in [1.82, 2.24) is 0 Å². The molecule has 9 aliphatic rings. The number of hydrogen-bond acceptors (Lipinski definition) is 15. The van der Waals surface area contributed by atoms with Gasteiger partial charge in [-0.15, -0.1) is 0 Å². The SMILES string of the molecule is CC.CC(=O)/C(C)=C(/C)C(=O)O.CC(=O)/C=C(/C)C(=O)O.CC(=O)/C=C\C(=O)O.CC(=O)C1C2C=CC(C2)C1C(=O)O.CC(=O)C1C2C=CC(C2)C1C(=O)O.CC(=O)C1C2C=CC(CC2)C1C(=O)O.CC(=O)C1C2C=CC(O2)C1C(=O)O. The lowest BCUT2D eigenvalue weighted by Gasteiger charge is -2.41. The van der Waals surface area contributed by atoms with Gasteiger partial charge in [-0.2, -0.15) is 0 Å². The quantitative estimate of drug-likeness (QED) is 0.0697. The van der Waals surface area contributed by atoms with E-state index in [1.165, 1.54) is 69.2 Å². The van der Waals surface area contributed by atoms with E-state index in [1.807, 2.05) is 50.3 Å². The molecule has 1 saturated heterocycles. The van der Waals surface area contributed by atoms with Crippen molar-refractivity contribution in [2.45, 2.75) is 121 Å². The summed E-state index contributed by atoms with van der Waals surface area (Å²) >= 11 is 0. The number of carbonyl (C=O) groups excluding carboxylic acids is 7. The van der Waals surface area contributed by atoms with Crippen LogP contribution in [0, 0.1) is 82.9 Å². The molecule has 9 rings (SSSR count).